The van der Waals surface area contributed by atoms with Crippen LogP contribution in [0.3, 0.4) is 0 Å². The zero-order valence-electron chi connectivity index (χ0n) is 12.7. The predicted molar refractivity (Wildman–Crippen MR) is 83.9 cm³/mol. The largest absolute Gasteiger partial charge is 0.497 e. The van der Waals surface area contributed by atoms with Crippen LogP contribution >= 0.6 is 0 Å². The van der Waals surface area contributed by atoms with Crippen molar-refractivity contribution in [3.63, 3.8) is 0 Å². The molecule has 0 unspecified atom stereocenters. The van der Waals surface area contributed by atoms with Crippen molar-refractivity contribution in [2.75, 3.05) is 12.0 Å². The molecule has 0 aromatic heterocycles. The van der Waals surface area contributed by atoms with Crippen LogP contribution in [0.2, 0.25) is 0 Å². The standard InChI is InChI=1S/C18H16FNO3/c1-23-16-7-5-12(6-8-16)13-9-17(21)20(18(22)10-13)15-4-2-3-14(19)11-15/h2-8,11,13H,9-10H2,1H3. The van der Waals surface area contributed by atoms with Crippen molar-refractivity contribution in [3.8, 4) is 5.75 Å². The predicted octanol–water partition coefficient (Wildman–Crippen LogP) is 3.27. The second kappa shape index (κ2) is 6.20. The van der Waals surface area contributed by atoms with Gasteiger partial charge in [-0.3, -0.25) is 14.5 Å². The van der Waals surface area contributed by atoms with Gasteiger partial charge in [0.2, 0.25) is 11.8 Å². The first kappa shape index (κ1) is 15.2. The summed E-state index contributed by atoms with van der Waals surface area (Å²) in [5.74, 6) is -0.532. The Bertz CT molecular complexity index is 724. The molecule has 1 aliphatic rings. The highest BCUT2D eigenvalue weighted by Gasteiger charge is 2.34. The number of amides is 2. The molecule has 0 saturated carbocycles. The highest BCUT2D eigenvalue weighted by Crippen LogP contribution is 2.33. The number of nitrogens with zero attached hydrogens (tertiary/aromatic N) is 1. The van der Waals surface area contributed by atoms with Crippen LogP contribution < -0.4 is 9.64 Å². The van der Waals surface area contributed by atoms with Crippen molar-refractivity contribution in [3.05, 3.63) is 59.9 Å². The number of hydrogen-bond acceptors (Lipinski definition) is 3. The van der Waals surface area contributed by atoms with E-state index in [0.29, 0.717) is 0 Å². The lowest BCUT2D eigenvalue weighted by Crippen LogP contribution is -2.42. The molecule has 1 aliphatic heterocycles. The van der Waals surface area contributed by atoms with Gasteiger partial charge in [0.05, 0.1) is 12.8 Å². The SMILES string of the molecule is COc1ccc(C2CC(=O)N(c3cccc(F)c3)C(=O)C2)cc1. The van der Waals surface area contributed by atoms with Crippen LogP contribution in [-0.4, -0.2) is 18.9 Å². The van der Waals surface area contributed by atoms with E-state index in [2.05, 4.69) is 0 Å². The number of rotatable bonds is 3. The Kier molecular flexibility index (Phi) is 4.10. The Balaban J connectivity index is 1.81. The van der Waals surface area contributed by atoms with Crippen LogP contribution in [0.1, 0.15) is 24.3 Å². The van der Waals surface area contributed by atoms with Gasteiger partial charge in [-0.15, -0.1) is 0 Å². The van der Waals surface area contributed by atoms with Crippen LogP contribution in [0.25, 0.3) is 0 Å². The molecule has 0 radical (unpaired) electrons. The van der Waals surface area contributed by atoms with Gasteiger partial charge >= 0.3 is 0 Å². The molecule has 2 aromatic rings. The first-order chi connectivity index (χ1) is 11.1. The van der Waals surface area contributed by atoms with Gasteiger partial charge in [0.25, 0.3) is 0 Å². The van der Waals surface area contributed by atoms with Gasteiger partial charge in [-0.2, -0.15) is 0 Å². The van der Waals surface area contributed by atoms with Crippen molar-refractivity contribution in [1.29, 1.82) is 0 Å². The normalized spacial score (nSPS) is 15.8. The van der Waals surface area contributed by atoms with E-state index in [0.717, 1.165) is 16.2 Å². The number of methoxy groups -OCH3 is 1. The third-order valence-electron chi connectivity index (χ3n) is 3.99. The third kappa shape index (κ3) is 3.08. The molecular weight excluding hydrogens is 297 g/mol. The second-order valence-corrected chi connectivity index (χ2v) is 5.48. The summed E-state index contributed by atoms with van der Waals surface area (Å²) < 4.78 is 18.4. The van der Waals surface area contributed by atoms with Crippen LogP contribution in [-0.2, 0) is 9.59 Å². The molecular formula is C18H16FNO3. The monoisotopic (exact) mass is 313 g/mol. The number of anilines is 1. The number of halogens is 1. The molecule has 0 N–H and O–H groups in total. The lowest BCUT2D eigenvalue weighted by Gasteiger charge is -2.30. The average molecular weight is 313 g/mol. The lowest BCUT2D eigenvalue weighted by atomic mass is 9.88. The van der Waals surface area contributed by atoms with Crippen molar-refractivity contribution in [2.24, 2.45) is 0 Å². The zero-order chi connectivity index (χ0) is 16.4. The van der Waals surface area contributed by atoms with Gasteiger partial charge in [0, 0.05) is 18.8 Å². The third-order valence-corrected chi connectivity index (χ3v) is 3.99. The van der Waals surface area contributed by atoms with E-state index < -0.39 is 5.82 Å². The molecule has 4 nitrogen and oxygen atoms in total. The molecule has 0 bridgehead atoms. The highest BCUT2D eigenvalue weighted by molar-refractivity contribution is 6.17. The molecule has 118 valence electrons. The van der Waals surface area contributed by atoms with Gasteiger partial charge in [-0.05, 0) is 35.9 Å². The Hall–Kier alpha value is -2.69. The maximum absolute atomic E-state index is 13.3. The topological polar surface area (TPSA) is 46.6 Å². The molecule has 1 heterocycles. The first-order valence-corrected chi connectivity index (χ1v) is 7.34. The summed E-state index contributed by atoms with van der Waals surface area (Å²) in [6.07, 6.45) is 0.434. The Morgan fingerprint density at radius 2 is 1.70 bits per heavy atom. The summed E-state index contributed by atoms with van der Waals surface area (Å²) in [5.41, 5.74) is 1.21. The Morgan fingerprint density at radius 1 is 1.04 bits per heavy atom. The van der Waals surface area contributed by atoms with Gasteiger partial charge in [-0.1, -0.05) is 18.2 Å². The number of carbonyl (C=O) groups excluding carboxylic acids is 2. The maximum atomic E-state index is 13.3. The lowest BCUT2D eigenvalue weighted by molar-refractivity contribution is -0.129. The van der Waals surface area contributed by atoms with Gasteiger partial charge < -0.3 is 4.74 Å². The summed E-state index contributed by atoms with van der Waals surface area (Å²) in [7, 11) is 1.58. The van der Waals surface area contributed by atoms with Crippen molar-refractivity contribution in [1.82, 2.24) is 0 Å². The van der Waals surface area contributed by atoms with E-state index in [-0.39, 0.29) is 36.3 Å². The summed E-state index contributed by atoms with van der Waals surface area (Å²) >= 11 is 0. The molecule has 2 amide bonds. The highest BCUT2D eigenvalue weighted by atomic mass is 19.1. The molecule has 5 heteroatoms. The van der Waals surface area contributed by atoms with E-state index in [1.807, 2.05) is 24.3 Å². The van der Waals surface area contributed by atoms with Crippen molar-refractivity contribution < 1.29 is 18.7 Å². The summed E-state index contributed by atoms with van der Waals surface area (Å²) in [5, 5.41) is 0. The maximum Gasteiger partial charge on any atom is 0.234 e. The number of hydrogen-bond donors (Lipinski definition) is 0. The van der Waals surface area contributed by atoms with E-state index >= 15 is 0 Å². The van der Waals surface area contributed by atoms with Gasteiger partial charge in [0.1, 0.15) is 11.6 Å². The molecule has 0 aliphatic carbocycles. The fourth-order valence-electron chi connectivity index (χ4n) is 2.83. The minimum absolute atomic E-state index is 0.161. The average Bonchev–Trinajstić information content (AvgIpc) is 2.54. The molecule has 0 spiro atoms. The van der Waals surface area contributed by atoms with Crippen LogP contribution in [0.15, 0.2) is 48.5 Å². The molecule has 2 aromatic carbocycles. The number of imide groups is 1. The van der Waals surface area contributed by atoms with Gasteiger partial charge in [0.15, 0.2) is 0 Å². The van der Waals surface area contributed by atoms with Crippen LogP contribution in [0.4, 0.5) is 10.1 Å². The van der Waals surface area contributed by atoms with E-state index in [1.54, 1.807) is 13.2 Å². The molecule has 1 saturated heterocycles. The summed E-state index contributed by atoms with van der Waals surface area (Å²) in [6, 6.07) is 12.9. The zero-order valence-corrected chi connectivity index (χ0v) is 12.7. The minimum atomic E-state index is -0.472. The van der Waals surface area contributed by atoms with E-state index in [9.17, 15) is 14.0 Å². The van der Waals surface area contributed by atoms with Crippen molar-refractivity contribution >= 4 is 17.5 Å². The van der Waals surface area contributed by atoms with E-state index in [1.165, 1.54) is 18.2 Å². The van der Waals surface area contributed by atoms with Gasteiger partial charge in [-0.25, -0.2) is 4.39 Å². The fourth-order valence-corrected chi connectivity index (χ4v) is 2.83. The van der Waals surface area contributed by atoms with Crippen molar-refractivity contribution in [2.45, 2.75) is 18.8 Å². The Labute approximate surface area is 133 Å². The molecule has 23 heavy (non-hydrogen) atoms. The molecule has 0 atom stereocenters. The fraction of sp³-hybridized carbons (Fsp3) is 0.222. The minimum Gasteiger partial charge on any atom is -0.497 e. The van der Waals surface area contributed by atoms with Crippen LogP contribution in [0, 0.1) is 5.82 Å². The quantitative estimate of drug-likeness (QED) is 0.817. The van der Waals surface area contributed by atoms with Crippen LogP contribution in [0.5, 0.6) is 5.75 Å². The van der Waals surface area contributed by atoms with E-state index in [4.69, 9.17) is 4.74 Å². The number of carbonyl (C=O) groups is 2. The summed E-state index contributed by atoms with van der Waals surface area (Å²) in [6.45, 7) is 0. The smallest absolute Gasteiger partial charge is 0.234 e. The number of ether oxygens (including phenoxy) is 1. The molecule has 3 rings (SSSR count). The number of piperidine rings is 1. The first-order valence-electron chi connectivity index (χ1n) is 7.34. The number of benzene rings is 2. The Morgan fingerprint density at radius 3 is 2.26 bits per heavy atom. The second-order valence-electron chi connectivity index (χ2n) is 5.48. The molecule has 1 fully saturated rings. The summed E-state index contributed by atoms with van der Waals surface area (Å²) in [4.78, 5) is 25.8.